The molecule has 1 N–H and O–H groups in total. The Morgan fingerprint density at radius 2 is 1.77 bits per heavy atom. The fourth-order valence-electron chi connectivity index (χ4n) is 3.76. The molecule has 2 aromatic carbocycles. The van der Waals surface area contributed by atoms with Crippen molar-refractivity contribution in [3.8, 4) is 5.75 Å². The number of benzene rings is 2. The quantitative estimate of drug-likeness (QED) is 0.551. The van der Waals surface area contributed by atoms with Crippen molar-refractivity contribution in [1.82, 2.24) is 10.2 Å². The second-order valence-corrected chi connectivity index (χ2v) is 8.41. The zero-order chi connectivity index (χ0) is 22.1. The first kappa shape index (κ1) is 23.1. The molecule has 2 aromatic rings. The molecule has 3 rings (SSSR count). The molecule has 6 heteroatoms. The van der Waals surface area contributed by atoms with Gasteiger partial charge in [0.05, 0.1) is 5.56 Å². The maximum absolute atomic E-state index is 13.1. The van der Waals surface area contributed by atoms with E-state index >= 15 is 0 Å². The highest BCUT2D eigenvalue weighted by Gasteiger charge is 2.28. The Kier molecular flexibility index (Phi) is 8.77. The number of nitrogens with one attached hydrogen (secondary N) is 1. The molecule has 0 spiro atoms. The Morgan fingerprint density at radius 3 is 2.48 bits per heavy atom. The third-order valence-electron chi connectivity index (χ3n) is 5.66. The van der Waals surface area contributed by atoms with E-state index in [0.717, 1.165) is 31.4 Å². The van der Waals surface area contributed by atoms with Gasteiger partial charge in [0.2, 0.25) is 5.91 Å². The summed E-state index contributed by atoms with van der Waals surface area (Å²) < 4.78 is 5.94. The standard InChI is InChI=1S/C25H31ClN2O3/c1-2-3-6-15-27-24(29)20-13-16-28(17-14-20)25(30)22-7-4-5-8-23(22)31-18-19-9-11-21(26)12-10-19/h4-5,7-12,20H,2-3,6,13-18H2,1H3,(H,27,29). The van der Waals surface area contributed by atoms with Crippen molar-refractivity contribution in [1.29, 1.82) is 0 Å². The predicted octanol–water partition coefficient (Wildman–Crippen LogP) is 5.08. The van der Waals surface area contributed by atoms with Crippen LogP contribution in [0.3, 0.4) is 0 Å². The molecular weight excluding hydrogens is 412 g/mol. The van der Waals surface area contributed by atoms with E-state index in [4.69, 9.17) is 16.3 Å². The summed E-state index contributed by atoms with van der Waals surface area (Å²) in [6.07, 6.45) is 4.68. The highest BCUT2D eigenvalue weighted by atomic mass is 35.5. The Labute approximate surface area is 189 Å². The first-order valence-electron chi connectivity index (χ1n) is 11.1. The minimum Gasteiger partial charge on any atom is -0.488 e. The van der Waals surface area contributed by atoms with Gasteiger partial charge in [-0.15, -0.1) is 0 Å². The van der Waals surface area contributed by atoms with Crippen molar-refractivity contribution >= 4 is 23.4 Å². The molecule has 1 saturated heterocycles. The van der Waals surface area contributed by atoms with E-state index in [2.05, 4.69) is 12.2 Å². The van der Waals surface area contributed by atoms with Gasteiger partial charge in [-0.25, -0.2) is 0 Å². The number of hydrogen-bond donors (Lipinski definition) is 1. The number of amides is 2. The number of para-hydroxylation sites is 1. The smallest absolute Gasteiger partial charge is 0.257 e. The molecule has 0 bridgehead atoms. The summed E-state index contributed by atoms with van der Waals surface area (Å²) in [5, 5.41) is 3.72. The minimum atomic E-state index is -0.0477. The molecule has 166 valence electrons. The summed E-state index contributed by atoms with van der Waals surface area (Å²) in [7, 11) is 0. The van der Waals surface area contributed by atoms with Crippen LogP contribution < -0.4 is 10.1 Å². The predicted molar refractivity (Wildman–Crippen MR) is 123 cm³/mol. The second kappa shape index (κ2) is 11.8. The SMILES string of the molecule is CCCCCNC(=O)C1CCN(C(=O)c2ccccc2OCc2ccc(Cl)cc2)CC1. The van der Waals surface area contributed by atoms with E-state index in [-0.39, 0.29) is 17.7 Å². The fraction of sp³-hybridized carbons (Fsp3) is 0.440. The van der Waals surface area contributed by atoms with E-state index in [0.29, 0.717) is 48.9 Å². The molecule has 5 nitrogen and oxygen atoms in total. The van der Waals surface area contributed by atoms with E-state index in [1.807, 2.05) is 47.4 Å². The van der Waals surface area contributed by atoms with Crippen LogP contribution in [0.25, 0.3) is 0 Å². The van der Waals surface area contributed by atoms with Crippen LogP contribution in [0, 0.1) is 5.92 Å². The fourth-order valence-corrected chi connectivity index (χ4v) is 3.88. The van der Waals surface area contributed by atoms with Crippen LogP contribution in [0.15, 0.2) is 48.5 Å². The largest absolute Gasteiger partial charge is 0.488 e. The van der Waals surface area contributed by atoms with Crippen LogP contribution in [0.1, 0.15) is 54.9 Å². The summed E-state index contributed by atoms with van der Waals surface area (Å²) in [6.45, 7) is 4.41. The number of ether oxygens (including phenoxy) is 1. The molecule has 31 heavy (non-hydrogen) atoms. The number of carbonyl (C=O) groups is 2. The maximum Gasteiger partial charge on any atom is 0.257 e. The highest BCUT2D eigenvalue weighted by molar-refractivity contribution is 6.30. The zero-order valence-corrected chi connectivity index (χ0v) is 18.9. The third-order valence-corrected chi connectivity index (χ3v) is 5.91. The van der Waals surface area contributed by atoms with Gasteiger partial charge in [-0.3, -0.25) is 9.59 Å². The van der Waals surface area contributed by atoms with E-state index < -0.39 is 0 Å². The van der Waals surface area contributed by atoms with Gasteiger partial charge in [0, 0.05) is 30.6 Å². The van der Waals surface area contributed by atoms with Crippen LogP contribution >= 0.6 is 11.6 Å². The normalized spacial score (nSPS) is 14.3. The van der Waals surface area contributed by atoms with Gasteiger partial charge in [0.1, 0.15) is 12.4 Å². The van der Waals surface area contributed by atoms with Crippen LogP contribution in [0.5, 0.6) is 5.75 Å². The van der Waals surface area contributed by atoms with Crippen molar-refractivity contribution in [2.45, 2.75) is 45.6 Å². The van der Waals surface area contributed by atoms with Gasteiger partial charge in [-0.2, -0.15) is 0 Å². The molecule has 0 saturated carbocycles. The first-order chi connectivity index (χ1) is 15.1. The number of nitrogens with zero attached hydrogens (tertiary/aromatic N) is 1. The van der Waals surface area contributed by atoms with Crippen LogP contribution in [-0.2, 0) is 11.4 Å². The molecule has 0 aliphatic carbocycles. The van der Waals surface area contributed by atoms with Crippen molar-refractivity contribution in [3.63, 3.8) is 0 Å². The van der Waals surface area contributed by atoms with Crippen molar-refractivity contribution < 1.29 is 14.3 Å². The van der Waals surface area contributed by atoms with Crippen LogP contribution in [-0.4, -0.2) is 36.3 Å². The number of halogens is 1. The lowest BCUT2D eigenvalue weighted by molar-refractivity contribution is -0.126. The number of likely N-dealkylation sites (tertiary alicyclic amines) is 1. The van der Waals surface area contributed by atoms with Crippen LogP contribution in [0.2, 0.25) is 5.02 Å². The Balaban J connectivity index is 1.54. The van der Waals surface area contributed by atoms with Gasteiger partial charge < -0.3 is 15.0 Å². The monoisotopic (exact) mass is 442 g/mol. The van der Waals surface area contributed by atoms with Gasteiger partial charge in [0.25, 0.3) is 5.91 Å². The zero-order valence-electron chi connectivity index (χ0n) is 18.1. The molecule has 1 aliphatic rings. The third kappa shape index (κ3) is 6.73. The average molecular weight is 443 g/mol. The molecule has 1 fully saturated rings. The van der Waals surface area contributed by atoms with Crippen molar-refractivity contribution in [2.24, 2.45) is 5.92 Å². The second-order valence-electron chi connectivity index (χ2n) is 7.98. The number of unbranched alkanes of at least 4 members (excludes halogenated alkanes) is 2. The van der Waals surface area contributed by atoms with Crippen LogP contribution in [0.4, 0.5) is 0 Å². The van der Waals surface area contributed by atoms with Gasteiger partial charge >= 0.3 is 0 Å². The molecule has 0 atom stereocenters. The molecule has 0 radical (unpaired) electrons. The molecular formula is C25H31ClN2O3. The Morgan fingerprint density at radius 1 is 1.06 bits per heavy atom. The van der Waals surface area contributed by atoms with Gasteiger partial charge in [-0.1, -0.05) is 55.6 Å². The molecule has 1 heterocycles. The molecule has 2 amide bonds. The maximum atomic E-state index is 13.1. The minimum absolute atomic E-state index is 0.0120. The Hall–Kier alpha value is -2.53. The average Bonchev–Trinajstić information content (AvgIpc) is 2.81. The van der Waals surface area contributed by atoms with E-state index in [9.17, 15) is 9.59 Å². The molecule has 0 aromatic heterocycles. The molecule has 0 unspecified atom stereocenters. The summed E-state index contributed by atoms with van der Waals surface area (Å²) in [6, 6.07) is 14.8. The number of piperidine rings is 1. The van der Waals surface area contributed by atoms with Gasteiger partial charge in [0.15, 0.2) is 0 Å². The van der Waals surface area contributed by atoms with Gasteiger partial charge in [-0.05, 0) is 49.1 Å². The summed E-state index contributed by atoms with van der Waals surface area (Å²) in [5.74, 6) is 0.628. The summed E-state index contributed by atoms with van der Waals surface area (Å²) >= 11 is 5.93. The topological polar surface area (TPSA) is 58.6 Å². The molecule has 1 aliphatic heterocycles. The lowest BCUT2D eigenvalue weighted by Gasteiger charge is -2.31. The number of rotatable bonds is 9. The number of hydrogen-bond acceptors (Lipinski definition) is 3. The first-order valence-corrected chi connectivity index (χ1v) is 11.5. The summed E-state index contributed by atoms with van der Waals surface area (Å²) in [4.78, 5) is 27.3. The Bertz CT molecular complexity index is 861. The lowest BCUT2D eigenvalue weighted by atomic mass is 9.95. The van der Waals surface area contributed by atoms with E-state index in [1.165, 1.54) is 0 Å². The summed E-state index contributed by atoms with van der Waals surface area (Å²) in [5.41, 5.74) is 1.54. The van der Waals surface area contributed by atoms with E-state index in [1.54, 1.807) is 6.07 Å². The number of carbonyl (C=O) groups excluding carboxylic acids is 2. The lowest BCUT2D eigenvalue weighted by Crippen LogP contribution is -2.43. The van der Waals surface area contributed by atoms with Crippen molar-refractivity contribution in [3.05, 3.63) is 64.7 Å². The highest BCUT2D eigenvalue weighted by Crippen LogP contribution is 2.25. The van der Waals surface area contributed by atoms with Crippen molar-refractivity contribution in [2.75, 3.05) is 19.6 Å².